The normalized spacial score (nSPS) is 14.1. The van der Waals surface area contributed by atoms with E-state index in [9.17, 15) is 0 Å². The van der Waals surface area contributed by atoms with E-state index in [-0.39, 0.29) is 23.0 Å². The van der Waals surface area contributed by atoms with Crippen LogP contribution in [0.5, 0.6) is 11.5 Å². The Balaban J connectivity index is 2.20. The lowest BCUT2D eigenvalue weighted by Crippen LogP contribution is -2.17. The second-order valence-corrected chi connectivity index (χ2v) is 10.4. The molecule has 0 fully saturated rings. The Morgan fingerprint density at radius 2 is 1.21 bits per heavy atom. The Morgan fingerprint density at radius 1 is 0.727 bits per heavy atom. The minimum atomic E-state index is -0.0968. The number of hydrogen-bond donors (Lipinski definition) is 0. The van der Waals surface area contributed by atoms with Crippen molar-refractivity contribution in [3.05, 3.63) is 58.7 Å². The monoisotopic (exact) mass is 456 g/mol. The van der Waals surface area contributed by atoms with Gasteiger partial charge in [0.2, 0.25) is 0 Å². The number of hydrogen-bond acceptors (Lipinski definition) is 4. The molecule has 2 rings (SSSR count). The van der Waals surface area contributed by atoms with Crippen LogP contribution in [0.3, 0.4) is 0 Å². The molecule has 2 atom stereocenters. The van der Waals surface area contributed by atoms with E-state index in [1.807, 2.05) is 26.0 Å². The van der Waals surface area contributed by atoms with Gasteiger partial charge in [-0.2, -0.15) is 0 Å². The molecule has 0 bridgehead atoms. The van der Waals surface area contributed by atoms with Gasteiger partial charge in [-0.25, -0.2) is 0 Å². The van der Waals surface area contributed by atoms with Gasteiger partial charge in [-0.1, -0.05) is 53.7 Å². The van der Waals surface area contributed by atoms with Crippen molar-refractivity contribution in [3.63, 3.8) is 0 Å². The van der Waals surface area contributed by atoms with Gasteiger partial charge < -0.3 is 18.9 Å². The van der Waals surface area contributed by atoms with Crippen LogP contribution in [0.4, 0.5) is 0 Å². The predicted octanol–water partition coefficient (Wildman–Crippen LogP) is 7.54. The molecule has 0 aromatic heterocycles. The maximum atomic E-state index is 6.31. The molecular weight excluding hydrogens is 412 g/mol. The molecule has 184 valence electrons. The van der Waals surface area contributed by atoms with Gasteiger partial charge in [0.1, 0.15) is 24.7 Å². The third-order valence-corrected chi connectivity index (χ3v) is 6.71. The molecule has 4 heteroatoms. The van der Waals surface area contributed by atoms with Crippen molar-refractivity contribution in [3.8, 4) is 11.5 Å². The molecular formula is C29H44O4. The third kappa shape index (κ3) is 6.97. The van der Waals surface area contributed by atoms with Gasteiger partial charge in [0.05, 0.1) is 12.2 Å². The van der Waals surface area contributed by atoms with Crippen molar-refractivity contribution in [2.45, 2.75) is 84.8 Å². The largest absolute Gasteiger partial charge is 0.490 e. The first kappa shape index (κ1) is 27.2. The van der Waals surface area contributed by atoms with Crippen LogP contribution in [0.1, 0.15) is 96.3 Å². The minimum absolute atomic E-state index is 0.00453. The summed E-state index contributed by atoms with van der Waals surface area (Å²) in [6, 6.07) is 12.8. The Hall–Kier alpha value is -2.04. The summed E-state index contributed by atoms with van der Waals surface area (Å²) < 4.78 is 23.7. The van der Waals surface area contributed by atoms with Gasteiger partial charge in [-0.05, 0) is 66.5 Å². The SMILES string of the molecule is CCC(C)(C)c1ccc(OCCOc2c(C(C)OC)cc(C(C)(C)C)cc2C(C)OC)cc1. The van der Waals surface area contributed by atoms with E-state index < -0.39 is 0 Å². The standard InChI is InChI=1S/C29H44O4/c1-11-29(7,8)22-12-14-24(15-13-22)32-16-17-33-27-25(20(2)30-9)18-23(28(4,5)6)19-26(27)21(3)31-10/h12-15,18-21H,11,16-17H2,1-10H3. The third-order valence-electron chi connectivity index (χ3n) is 6.71. The number of ether oxygens (including phenoxy) is 4. The average Bonchev–Trinajstić information content (AvgIpc) is 2.80. The maximum Gasteiger partial charge on any atom is 0.131 e. The Labute approximate surface area is 201 Å². The van der Waals surface area contributed by atoms with E-state index in [1.165, 1.54) is 11.1 Å². The van der Waals surface area contributed by atoms with Gasteiger partial charge in [0.15, 0.2) is 0 Å². The van der Waals surface area contributed by atoms with Crippen molar-refractivity contribution < 1.29 is 18.9 Å². The minimum Gasteiger partial charge on any atom is -0.490 e. The van der Waals surface area contributed by atoms with E-state index in [4.69, 9.17) is 18.9 Å². The molecule has 2 aromatic rings. The van der Waals surface area contributed by atoms with Crippen molar-refractivity contribution >= 4 is 0 Å². The van der Waals surface area contributed by atoms with Crippen LogP contribution < -0.4 is 9.47 Å². The number of benzene rings is 2. The molecule has 0 saturated carbocycles. The van der Waals surface area contributed by atoms with Crippen LogP contribution in [0.2, 0.25) is 0 Å². The van der Waals surface area contributed by atoms with Gasteiger partial charge in [-0.15, -0.1) is 0 Å². The summed E-state index contributed by atoms with van der Waals surface area (Å²) in [6.45, 7) is 18.4. The van der Waals surface area contributed by atoms with Gasteiger partial charge >= 0.3 is 0 Å². The summed E-state index contributed by atoms with van der Waals surface area (Å²) in [4.78, 5) is 0. The van der Waals surface area contributed by atoms with E-state index in [0.717, 1.165) is 29.0 Å². The Bertz CT molecular complexity index is 846. The van der Waals surface area contributed by atoms with Crippen molar-refractivity contribution in [2.75, 3.05) is 27.4 Å². The molecule has 0 radical (unpaired) electrons. The molecule has 0 saturated heterocycles. The summed E-state index contributed by atoms with van der Waals surface area (Å²) in [7, 11) is 3.45. The maximum absolute atomic E-state index is 6.31. The zero-order valence-corrected chi connectivity index (χ0v) is 22.4. The molecule has 0 aliphatic carbocycles. The molecule has 0 heterocycles. The first-order valence-electron chi connectivity index (χ1n) is 12.0. The second-order valence-electron chi connectivity index (χ2n) is 10.4. The number of rotatable bonds is 11. The molecule has 0 N–H and O–H groups in total. The van der Waals surface area contributed by atoms with E-state index in [1.54, 1.807) is 14.2 Å². The summed E-state index contributed by atoms with van der Waals surface area (Å²) >= 11 is 0. The highest BCUT2D eigenvalue weighted by atomic mass is 16.5. The lowest BCUT2D eigenvalue weighted by molar-refractivity contribution is 0.105. The van der Waals surface area contributed by atoms with E-state index in [2.05, 4.69) is 65.8 Å². The van der Waals surface area contributed by atoms with Crippen LogP contribution in [0, 0.1) is 0 Å². The van der Waals surface area contributed by atoms with Crippen LogP contribution in [0.15, 0.2) is 36.4 Å². The highest BCUT2D eigenvalue weighted by Gasteiger charge is 2.25. The topological polar surface area (TPSA) is 36.9 Å². The molecule has 0 spiro atoms. The van der Waals surface area contributed by atoms with Crippen LogP contribution in [-0.2, 0) is 20.3 Å². The molecule has 33 heavy (non-hydrogen) atoms. The highest BCUT2D eigenvalue weighted by Crippen LogP contribution is 2.39. The average molecular weight is 457 g/mol. The smallest absolute Gasteiger partial charge is 0.131 e. The zero-order chi connectivity index (χ0) is 24.8. The van der Waals surface area contributed by atoms with Gasteiger partial charge in [-0.3, -0.25) is 0 Å². The van der Waals surface area contributed by atoms with E-state index >= 15 is 0 Å². The lowest BCUT2D eigenvalue weighted by atomic mass is 9.82. The van der Waals surface area contributed by atoms with Crippen LogP contribution >= 0.6 is 0 Å². The van der Waals surface area contributed by atoms with Crippen molar-refractivity contribution in [1.29, 1.82) is 0 Å². The Morgan fingerprint density at radius 3 is 1.64 bits per heavy atom. The quantitative estimate of drug-likeness (QED) is 0.327. The molecule has 0 aliphatic heterocycles. The molecule has 0 amide bonds. The fraction of sp³-hybridized carbons (Fsp3) is 0.586. The summed E-state index contributed by atoms with van der Waals surface area (Å²) in [6.07, 6.45) is 0.903. The second kappa shape index (κ2) is 11.4. The van der Waals surface area contributed by atoms with Crippen LogP contribution in [0.25, 0.3) is 0 Å². The fourth-order valence-electron chi connectivity index (χ4n) is 3.64. The molecule has 4 nitrogen and oxygen atoms in total. The first-order chi connectivity index (χ1) is 15.4. The zero-order valence-electron chi connectivity index (χ0n) is 22.4. The summed E-state index contributed by atoms with van der Waals surface area (Å²) in [5.74, 6) is 1.68. The first-order valence-corrected chi connectivity index (χ1v) is 12.0. The summed E-state index contributed by atoms with van der Waals surface area (Å²) in [5.41, 5.74) is 4.81. The molecule has 2 aromatic carbocycles. The highest BCUT2D eigenvalue weighted by molar-refractivity contribution is 5.48. The van der Waals surface area contributed by atoms with Crippen molar-refractivity contribution in [1.82, 2.24) is 0 Å². The van der Waals surface area contributed by atoms with Crippen molar-refractivity contribution in [2.24, 2.45) is 0 Å². The predicted molar refractivity (Wildman–Crippen MR) is 137 cm³/mol. The van der Waals surface area contributed by atoms with E-state index in [0.29, 0.717) is 13.2 Å². The lowest BCUT2D eigenvalue weighted by Gasteiger charge is -2.27. The Kier molecular flexibility index (Phi) is 9.39. The van der Waals surface area contributed by atoms with Gasteiger partial charge in [0.25, 0.3) is 0 Å². The fourth-order valence-corrected chi connectivity index (χ4v) is 3.64. The molecule has 2 unspecified atom stereocenters. The number of methoxy groups -OCH3 is 2. The summed E-state index contributed by atoms with van der Waals surface area (Å²) in [5, 5.41) is 0. The van der Waals surface area contributed by atoms with Gasteiger partial charge in [0, 0.05) is 25.3 Å². The molecule has 0 aliphatic rings. The van der Waals surface area contributed by atoms with Crippen LogP contribution in [-0.4, -0.2) is 27.4 Å².